The summed E-state index contributed by atoms with van der Waals surface area (Å²) in [6.45, 7) is 3.91. The minimum Gasteiger partial charge on any atom is -0.472 e. The van der Waals surface area contributed by atoms with E-state index in [4.69, 9.17) is 15.2 Å². The van der Waals surface area contributed by atoms with Crippen molar-refractivity contribution in [2.75, 3.05) is 13.2 Å². The third kappa shape index (κ3) is 2.46. The van der Waals surface area contributed by atoms with Gasteiger partial charge in [-0.2, -0.15) is 0 Å². The molecule has 1 aliphatic rings. The average Bonchev–Trinajstić information content (AvgIpc) is 2.71. The molecule has 2 rings (SSSR count). The summed E-state index contributed by atoms with van der Waals surface area (Å²) in [5.41, 5.74) is 7.56. The van der Waals surface area contributed by atoms with Crippen LogP contribution < -0.4 is 10.5 Å². The van der Waals surface area contributed by atoms with Crippen molar-refractivity contribution < 1.29 is 9.47 Å². The van der Waals surface area contributed by atoms with Crippen LogP contribution in [0.15, 0.2) is 12.1 Å². The first kappa shape index (κ1) is 10.4. The maximum Gasteiger partial charge on any atom is 0.213 e. The molecule has 1 fully saturated rings. The molecule has 0 aliphatic carbocycles. The summed E-state index contributed by atoms with van der Waals surface area (Å²) in [6.07, 6.45) is 1.10. The molecule has 0 aromatic carbocycles. The van der Waals surface area contributed by atoms with Crippen molar-refractivity contribution in [2.45, 2.75) is 26.0 Å². The van der Waals surface area contributed by atoms with Gasteiger partial charge in [0.15, 0.2) is 0 Å². The van der Waals surface area contributed by atoms with Gasteiger partial charge in [0.2, 0.25) is 5.88 Å². The van der Waals surface area contributed by atoms with E-state index in [2.05, 4.69) is 4.98 Å². The second-order valence-corrected chi connectivity index (χ2v) is 3.70. The predicted molar refractivity (Wildman–Crippen MR) is 56.7 cm³/mol. The minimum atomic E-state index is 0.153. The van der Waals surface area contributed by atoms with E-state index >= 15 is 0 Å². The molecule has 0 radical (unpaired) electrons. The lowest BCUT2D eigenvalue weighted by Crippen LogP contribution is -2.16. The van der Waals surface area contributed by atoms with Crippen LogP contribution in [-0.2, 0) is 11.3 Å². The van der Waals surface area contributed by atoms with Gasteiger partial charge in [0.05, 0.1) is 13.2 Å². The molecule has 0 saturated carbocycles. The summed E-state index contributed by atoms with van der Waals surface area (Å²) in [6, 6.07) is 3.83. The maximum absolute atomic E-state index is 5.68. The summed E-state index contributed by atoms with van der Waals surface area (Å²) in [5, 5.41) is 0. The molecule has 2 heterocycles. The zero-order chi connectivity index (χ0) is 10.7. The van der Waals surface area contributed by atoms with Crippen LogP contribution in [0, 0.1) is 6.92 Å². The second kappa shape index (κ2) is 4.59. The lowest BCUT2D eigenvalue weighted by Gasteiger charge is -2.12. The summed E-state index contributed by atoms with van der Waals surface area (Å²) in [5.74, 6) is 0.667. The summed E-state index contributed by atoms with van der Waals surface area (Å²) in [7, 11) is 0. The molecule has 1 aliphatic heterocycles. The number of pyridine rings is 1. The molecule has 0 spiro atoms. The van der Waals surface area contributed by atoms with E-state index in [1.54, 1.807) is 0 Å². The Morgan fingerprint density at radius 1 is 1.60 bits per heavy atom. The average molecular weight is 208 g/mol. The molecule has 1 saturated heterocycles. The molecule has 4 heteroatoms. The van der Waals surface area contributed by atoms with Crippen molar-refractivity contribution in [2.24, 2.45) is 5.73 Å². The normalized spacial score (nSPS) is 20.5. The van der Waals surface area contributed by atoms with Crippen LogP contribution >= 0.6 is 0 Å². The molecule has 1 aromatic heterocycles. The molecule has 1 atom stereocenters. The van der Waals surface area contributed by atoms with Gasteiger partial charge in [0, 0.05) is 24.7 Å². The lowest BCUT2D eigenvalue weighted by atomic mass is 10.2. The Balaban J connectivity index is 2.05. The zero-order valence-electron chi connectivity index (χ0n) is 8.90. The Morgan fingerprint density at radius 3 is 3.07 bits per heavy atom. The number of hydrogen-bond donors (Lipinski definition) is 1. The summed E-state index contributed by atoms with van der Waals surface area (Å²) >= 11 is 0. The smallest absolute Gasteiger partial charge is 0.213 e. The van der Waals surface area contributed by atoms with Gasteiger partial charge in [-0.15, -0.1) is 0 Å². The molecule has 4 nitrogen and oxygen atoms in total. The number of nitrogens with two attached hydrogens (primary N) is 1. The molecule has 0 amide bonds. The van der Waals surface area contributed by atoms with Crippen LogP contribution in [0.3, 0.4) is 0 Å². The van der Waals surface area contributed by atoms with Gasteiger partial charge < -0.3 is 15.2 Å². The zero-order valence-corrected chi connectivity index (χ0v) is 8.90. The van der Waals surface area contributed by atoms with Gasteiger partial charge in [0.25, 0.3) is 0 Å². The fraction of sp³-hybridized carbons (Fsp3) is 0.545. The molecular weight excluding hydrogens is 192 g/mol. The van der Waals surface area contributed by atoms with Crippen molar-refractivity contribution in [3.8, 4) is 5.88 Å². The largest absolute Gasteiger partial charge is 0.472 e. The number of hydrogen-bond acceptors (Lipinski definition) is 4. The van der Waals surface area contributed by atoms with Gasteiger partial charge in [-0.25, -0.2) is 4.98 Å². The quantitative estimate of drug-likeness (QED) is 0.805. The van der Waals surface area contributed by atoms with E-state index in [9.17, 15) is 0 Å². The monoisotopic (exact) mass is 208 g/mol. The van der Waals surface area contributed by atoms with Gasteiger partial charge in [-0.1, -0.05) is 6.07 Å². The first-order valence-electron chi connectivity index (χ1n) is 5.20. The van der Waals surface area contributed by atoms with Crippen LogP contribution in [0.25, 0.3) is 0 Å². The fourth-order valence-electron chi connectivity index (χ4n) is 1.62. The number of nitrogens with zero attached hydrogens (tertiary/aromatic N) is 1. The van der Waals surface area contributed by atoms with Crippen molar-refractivity contribution >= 4 is 0 Å². The molecule has 1 aromatic rings. The Hall–Kier alpha value is -1.13. The predicted octanol–water partition coefficient (Wildman–Crippen LogP) is 1.02. The Labute approximate surface area is 89.4 Å². The third-order valence-corrected chi connectivity index (χ3v) is 2.56. The van der Waals surface area contributed by atoms with E-state index in [0.717, 1.165) is 24.3 Å². The molecule has 1 unspecified atom stereocenters. The minimum absolute atomic E-state index is 0.153. The summed E-state index contributed by atoms with van der Waals surface area (Å²) in [4.78, 5) is 4.35. The Kier molecular flexibility index (Phi) is 3.18. The van der Waals surface area contributed by atoms with E-state index in [0.29, 0.717) is 19.0 Å². The van der Waals surface area contributed by atoms with Gasteiger partial charge in [-0.05, 0) is 12.5 Å². The molecule has 2 N–H and O–H groups in total. The van der Waals surface area contributed by atoms with E-state index < -0.39 is 0 Å². The van der Waals surface area contributed by atoms with Crippen molar-refractivity contribution in [3.05, 3.63) is 23.4 Å². The number of ether oxygens (including phenoxy) is 2. The van der Waals surface area contributed by atoms with E-state index in [1.807, 2.05) is 19.1 Å². The van der Waals surface area contributed by atoms with Crippen molar-refractivity contribution in [1.82, 2.24) is 4.98 Å². The van der Waals surface area contributed by atoms with Crippen LogP contribution in [0.4, 0.5) is 0 Å². The van der Waals surface area contributed by atoms with Gasteiger partial charge in [0.1, 0.15) is 6.10 Å². The maximum atomic E-state index is 5.68. The van der Waals surface area contributed by atoms with Crippen molar-refractivity contribution in [1.29, 1.82) is 0 Å². The van der Waals surface area contributed by atoms with Gasteiger partial charge >= 0.3 is 0 Å². The topological polar surface area (TPSA) is 57.4 Å². The third-order valence-electron chi connectivity index (χ3n) is 2.56. The lowest BCUT2D eigenvalue weighted by molar-refractivity contribution is 0.138. The van der Waals surface area contributed by atoms with E-state index in [-0.39, 0.29) is 6.10 Å². The van der Waals surface area contributed by atoms with Crippen LogP contribution in [0.2, 0.25) is 0 Å². The van der Waals surface area contributed by atoms with Crippen molar-refractivity contribution in [3.63, 3.8) is 0 Å². The Morgan fingerprint density at radius 2 is 2.47 bits per heavy atom. The number of aryl methyl sites for hydroxylation is 1. The first-order chi connectivity index (χ1) is 7.29. The first-order valence-corrected chi connectivity index (χ1v) is 5.20. The number of rotatable bonds is 3. The van der Waals surface area contributed by atoms with Gasteiger partial charge in [-0.3, -0.25) is 0 Å². The highest BCUT2D eigenvalue weighted by atomic mass is 16.5. The number of aromatic nitrogens is 1. The van der Waals surface area contributed by atoms with Crippen LogP contribution in [-0.4, -0.2) is 24.3 Å². The molecule has 0 bridgehead atoms. The van der Waals surface area contributed by atoms with Crippen LogP contribution in [0.1, 0.15) is 17.7 Å². The highest BCUT2D eigenvalue weighted by molar-refractivity contribution is 5.24. The van der Waals surface area contributed by atoms with Crippen LogP contribution in [0.5, 0.6) is 5.88 Å². The highest BCUT2D eigenvalue weighted by Crippen LogP contribution is 2.16. The molecular formula is C11H16N2O2. The highest BCUT2D eigenvalue weighted by Gasteiger charge is 2.17. The van der Waals surface area contributed by atoms with E-state index in [1.165, 1.54) is 0 Å². The molecule has 15 heavy (non-hydrogen) atoms. The summed E-state index contributed by atoms with van der Waals surface area (Å²) < 4.78 is 10.9. The fourth-order valence-corrected chi connectivity index (χ4v) is 1.62. The standard InChI is InChI=1S/C11H16N2O2/c1-8-9(6-12)2-3-11(13-8)15-10-4-5-14-7-10/h2-3,10H,4-7,12H2,1H3. The SMILES string of the molecule is Cc1nc(OC2CCOC2)ccc1CN. The Bertz CT molecular complexity index is 335. The molecule has 82 valence electrons. The second-order valence-electron chi connectivity index (χ2n) is 3.70.